The van der Waals surface area contributed by atoms with Crippen LogP contribution in [-0.4, -0.2) is 29.5 Å². The minimum Gasteiger partial charge on any atom is -0.382 e. The minimum absolute atomic E-state index is 0.0783. The molecule has 25 heavy (non-hydrogen) atoms. The van der Waals surface area contributed by atoms with E-state index in [0.29, 0.717) is 12.2 Å². The Bertz CT molecular complexity index is 752. The van der Waals surface area contributed by atoms with Gasteiger partial charge in [-0.3, -0.25) is 15.0 Å². The van der Waals surface area contributed by atoms with E-state index in [-0.39, 0.29) is 17.3 Å². The van der Waals surface area contributed by atoms with Crippen molar-refractivity contribution in [2.24, 2.45) is 0 Å². The van der Waals surface area contributed by atoms with Crippen LogP contribution < -0.4 is 5.32 Å². The van der Waals surface area contributed by atoms with Gasteiger partial charge in [-0.25, -0.2) is 0 Å². The molecule has 0 fully saturated rings. The van der Waals surface area contributed by atoms with Crippen molar-refractivity contribution in [3.8, 4) is 6.07 Å². The van der Waals surface area contributed by atoms with Crippen LogP contribution in [0.4, 0.5) is 11.4 Å². The summed E-state index contributed by atoms with van der Waals surface area (Å²) in [5.74, 6) is 0. The van der Waals surface area contributed by atoms with E-state index in [1.807, 2.05) is 24.3 Å². The molecule has 0 heterocycles. The summed E-state index contributed by atoms with van der Waals surface area (Å²) in [7, 11) is 0. The smallest absolute Gasteiger partial charge is 0.270 e. The summed E-state index contributed by atoms with van der Waals surface area (Å²) >= 11 is 0. The number of rotatable bonds is 8. The largest absolute Gasteiger partial charge is 0.382 e. The standard InChI is InChI=1S/C19H22N4O2/c1-3-22(4-2)19(15-8-6-5-7-9-15)14-21-18-11-10-17(23(24)25)12-16(18)13-20/h5-12,19,21H,3-4,14H2,1-2H3/t19-/m1/s1. The quantitative estimate of drug-likeness (QED) is 0.582. The Morgan fingerprint density at radius 2 is 1.88 bits per heavy atom. The van der Waals surface area contributed by atoms with Crippen LogP contribution in [0, 0.1) is 21.4 Å². The molecule has 6 heteroatoms. The molecule has 0 aromatic heterocycles. The fraction of sp³-hybridized carbons (Fsp3) is 0.316. The third kappa shape index (κ3) is 4.55. The van der Waals surface area contributed by atoms with Gasteiger partial charge in [0.05, 0.1) is 22.2 Å². The molecule has 0 bridgehead atoms. The van der Waals surface area contributed by atoms with E-state index in [2.05, 4.69) is 36.2 Å². The van der Waals surface area contributed by atoms with Crippen LogP contribution in [0.3, 0.4) is 0 Å². The summed E-state index contributed by atoms with van der Waals surface area (Å²) in [5.41, 5.74) is 2.01. The summed E-state index contributed by atoms with van der Waals surface area (Å²) < 4.78 is 0. The van der Waals surface area contributed by atoms with Gasteiger partial charge in [0.25, 0.3) is 5.69 Å². The molecule has 0 aliphatic carbocycles. The van der Waals surface area contributed by atoms with Crippen LogP contribution in [0.2, 0.25) is 0 Å². The van der Waals surface area contributed by atoms with Gasteiger partial charge in [-0.2, -0.15) is 5.26 Å². The molecule has 2 aromatic carbocycles. The van der Waals surface area contributed by atoms with Crippen molar-refractivity contribution >= 4 is 11.4 Å². The van der Waals surface area contributed by atoms with Gasteiger partial charge in [-0.05, 0) is 24.7 Å². The van der Waals surface area contributed by atoms with Crippen LogP contribution in [0.5, 0.6) is 0 Å². The van der Waals surface area contributed by atoms with Gasteiger partial charge in [-0.15, -0.1) is 0 Å². The molecular weight excluding hydrogens is 316 g/mol. The SMILES string of the molecule is CCN(CC)[C@H](CNc1ccc([N+](=O)[O-])cc1C#N)c1ccccc1. The number of nitrogens with one attached hydrogen (secondary N) is 1. The molecular formula is C19H22N4O2. The predicted octanol–water partition coefficient (Wildman–Crippen LogP) is 3.96. The lowest BCUT2D eigenvalue weighted by Gasteiger charge is -2.30. The number of benzene rings is 2. The first-order valence-electron chi connectivity index (χ1n) is 8.32. The maximum Gasteiger partial charge on any atom is 0.270 e. The average Bonchev–Trinajstić information content (AvgIpc) is 2.65. The lowest BCUT2D eigenvalue weighted by Crippen LogP contribution is -2.33. The second-order valence-electron chi connectivity index (χ2n) is 5.63. The topological polar surface area (TPSA) is 82.2 Å². The molecule has 0 spiro atoms. The zero-order chi connectivity index (χ0) is 18.2. The van der Waals surface area contributed by atoms with Gasteiger partial charge >= 0.3 is 0 Å². The zero-order valence-corrected chi connectivity index (χ0v) is 14.5. The van der Waals surface area contributed by atoms with Crippen LogP contribution in [-0.2, 0) is 0 Å². The monoisotopic (exact) mass is 338 g/mol. The van der Waals surface area contributed by atoms with Gasteiger partial charge in [0.1, 0.15) is 6.07 Å². The Hall–Kier alpha value is -2.91. The number of nitro benzene ring substituents is 1. The van der Waals surface area contributed by atoms with E-state index < -0.39 is 4.92 Å². The highest BCUT2D eigenvalue weighted by molar-refractivity contribution is 5.61. The Morgan fingerprint density at radius 3 is 2.44 bits per heavy atom. The highest BCUT2D eigenvalue weighted by atomic mass is 16.6. The second-order valence-corrected chi connectivity index (χ2v) is 5.63. The third-order valence-electron chi connectivity index (χ3n) is 4.26. The molecule has 0 radical (unpaired) electrons. The summed E-state index contributed by atoms with van der Waals surface area (Å²) in [6, 6.07) is 16.7. The predicted molar refractivity (Wildman–Crippen MR) is 98.4 cm³/mol. The van der Waals surface area contributed by atoms with Crippen molar-refractivity contribution in [1.82, 2.24) is 4.90 Å². The fourth-order valence-electron chi connectivity index (χ4n) is 2.90. The first kappa shape index (κ1) is 18.4. The van der Waals surface area contributed by atoms with E-state index in [1.54, 1.807) is 6.07 Å². The molecule has 2 aromatic rings. The summed E-state index contributed by atoms with van der Waals surface area (Å²) in [6.07, 6.45) is 0. The number of likely N-dealkylation sites (N-methyl/N-ethyl adjacent to an activating group) is 1. The third-order valence-corrected chi connectivity index (χ3v) is 4.26. The lowest BCUT2D eigenvalue weighted by molar-refractivity contribution is -0.384. The summed E-state index contributed by atoms with van der Waals surface area (Å²) in [6.45, 7) is 6.66. The number of nitriles is 1. The molecule has 6 nitrogen and oxygen atoms in total. The summed E-state index contributed by atoms with van der Waals surface area (Å²) in [4.78, 5) is 12.7. The molecule has 0 saturated heterocycles. The number of anilines is 1. The van der Waals surface area contributed by atoms with Crippen LogP contribution in [0.15, 0.2) is 48.5 Å². The van der Waals surface area contributed by atoms with Gasteiger partial charge < -0.3 is 5.32 Å². The van der Waals surface area contributed by atoms with E-state index in [9.17, 15) is 15.4 Å². The number of hydrogen-bond donors (Lipinski definition) is 1. The molecule has 130 valence electrons. The molecule has 0 amide bonds. The van der Waals surface area contributed by atoms with Gasteiger partial charge in [0.2, 0.25) is 0 Å². The van der Waals surface area contributed by atoms with Crippen LogP contribution >= 0.6 is 0 Å². The first-order valence-corrected chi connectivity index (χ1v) is 8.32. The molecule has 0 aliphatic rings. The van der Waals surface area contributed by atoms with Gasteiger partial charge in [0.15, 0.2) is 0 Å². The molecule has 0 unspecified atom stereocenters. The molecule has 0 saturated carbocycles. The molecule has 1 N–H and O–H groups in total. The fourth-order valence-corrected chi connectivity index (χ4v) is 2.90. The van der Waals surface area contributed by atoms with Crippen molar-refractivity contribution in [1.29, 1.82) is 5.26 Å². The minimum atomic E-state index is -0.493. The number of hydrogen-bond acceptors (Lipinski definition) is 5. The van der Waals surface area contributed by atoms with Crippen molar-refractivity contribution in [2.75, 3.05) is 25.0 Å². The van der Waals surface area contributed by atoms with E-state index in [0.717, 1.165) is 13.1 Å². The Morgan fingerprint density at radius 1 is 1.20 bits per heavy atom. The van der Waals surface area contributed by atoms with Crippen molar-refractivity contribution in [3.63, 3.8) is 0 Å². The summed E-state index contributed by atoms with van der Waals surface area (Å²) in [5, 5.41) is 23.4. The molecule has 1 atom stereocenters. The van der Waals surface area contributed by atoms with Gasteiger partial charge in [-0.1, -0.05) is 44.2 Å². The maximum absolute atomic E-state index is 10.9. The normalized spacial score (nSPS) is 11.8. The second kappa shape index (κ2) is 8.81. The first-order chi connectivity index (χ1) is 12.1. The number of nitro groups is 1. The van der Waals surface area contributed by atoms with Crippen LogP contribution in [0.1, 0.15) is 31.0 Å². The number of non-ortho nitro benzene ring substituents is 1. The molecule has 0 aliphatic heterocycles. The number of nitrogens with zero attached hydrogens (tertiary/aromatic N) is 3. The maximum atomic E-state index is 10.9. The van der Waals surface area contributed by atoms with Gasteiger partial charge in [0, 0.05) is 18.7 Å². The Labute approximate surface area is 147 Å². The highest BCUT2D eigenvalue weighted by Gasteiger charge is 2.18. The average molecular weight is 338 g/mol. The highest BCUT2D eigenvalue weighted by Crippen LogP contribution is 2.25. The Balaban J connectivity index is 2.23. The van der Waals surface area contributed by atoms with Crippen molar-refractivity contribution in [3.05, 3.63) is 69.8 Å². The zero-order valence-electron chi connectivity index (χ0n) is 14.5. The lowest BCUT2D eigenvalue weighted by atomic mass is 10.0. The molecule has 2 rings (SSSR count). The van der Waals surface area contributed by atoms with Crippen molar-refractivity contribution in [2.45, 2.75) is 19.9 Å². The van der Waals surface area contributed by atoms with Crippen LogP contribution in [0.25, 0.3) is 0 Å². The van der Waals surface area contributed by atoms with Crippen molar-refractivity contribution < 1.29 is 4.92 Å². The van der Waals surface area contributed by atoms with E-state index in [4.69, 9.17) is 0 Å². The van der Waals surface area contributed by atoms with E-state index >= 15 is 0 Å². The van der Waals surface area contributed by atoms with E-state index in [1.165, 1.54) is 17.7 Å². The Kier molecular flexibility index (Phi) is 6.49.